The van der Waals surface area contributed by atoms with E-state index < -0.39 is 0 Å². The van der Waals surface area contributed by atoms with Crippen LogP contribution in [0.2, 0.25) is 5.02 Å². The van der Waals surface area contributed by atoms with E-state index in [0.29, 0.717) is 17.3 Å². The van der Waals surface area contributed by atoms with E-state index in [4.69, 9.17) is 17.3 Å². The summed E-state index contributed by atoms with van der Waals surface area (Å²) in [5, 5.41) is 3.40. The van der Waals surface area contributed by atoms with E-state index in [0.717, 1.165) is 23.1 Å². The van der Waals surface area contributed by atoms with Gasteiger partial charge in [0.25, 0.3) is 0 Å². The van der Waals surface area contributed by atoms with Gasteiger partial charge in [0.1, 0.15) is 5.52 Å². The normalized spacial score (nSPS) is 16.8. The minimum absolute atomic E-state index is 0.0487. The molecule has 18 heavy (non-hydrogen) atoms. The Morgan fingerprint density at radius 1 is 1.56 bits per heavy atom. The minimum atomic E-state index is -0.387. The van der Waals surface area contributed by atoms with Crippen molar-refractivity contribution in [3.05, 3.63) is 22.7 Å². The molecule has 0 radical (unpaired) electrons. The number of nitrogens with two attached hydrogens (primary N) is 1. The van der Waals surface area contributed by atoms with Crippen molar-refractivity contribution in [3.8, 4) is 0 Å². The van der Waals surface area contributed by atoms with E-state index in [1.54, 1.807) is 11.6 Å². The second kappa shape index (κ2) is 4.19. The predicted octanol–water partition coefficient (Wildman–Crippen LogP) is 2.63. The molecule has 94 valence electrons. The molecule has 1 heterocycles. The van der Waals surface area contributed by atoms with Crippen molar-refractivity contribution < 1.29 is 4.79 Å². The van der Waals surface area contributed by atoms with Crippen LogP contribution in [0, 0.1) is 5.41 Å². The Labute approximate surface area is 113 Å². The topological polar surface area (TPSA) is 68.0 Å². The molecular formula is C12H12ClN3OS. The average Bonchev–Trinajstić information content (AvgIpc) is 3.04. The molecule has 1 aliphatic carbocycles. The van der Waals surface area contributed by atoms with Crippen LogP contribution in [-0.2, 0) is 4.79 Å². The zero-order valence-corrected chi connectivity index (χ0v) is 11.1. The number of carbonyl (C=O) groups excluding carboxylic acids is 1. The summed E-state index contributed by atoms with van der Waals surface area (Å²) in [5.41, 5.74) is 8.34. The first-order valence-corrected chi connectivity index (χ1v) is 6.95. The van der Waals surface area contributed by atoms with Gasteiger partial charge in [0.2, 0.25) is 5.91 Å². The number of carbonyl (C=O) groups is 1. The molecule has 1 aromatic heterocycles. The van der Waals surface area contributed by atoms with Crippen molar-refractivity contribution in [3.63, 3.8) is 0 Å². The number of benzene rings is 1. The van der Waals surface area contributed by atoms with Gasteiger partial charge in [-0.3, -0.25) is 4.79 Å². The Kier molecular flexibility index (Phi) is 2.77. The molecule has 2 aromatic rings. The summed E-state index contributed by atoms with van der Waals surface area (Å²) in [6.45, 7) is 0.378. The van der Waals surface area contributed by atoms with Crippen LogP contribution in [0.5, 0.6) is 0 Å². The third-order valence-corrected chi connectivity index (χ3v) is 4.53. The number of fused-ring (bicyclic) bond motifs is 1. The summed E-state index contributed by atoms with van der Waals surface area (Å²) in [7, 11) is 0. The molecule has 0 bridgehead atoms. The highest BCUT2D eigenvalue weighted by Gasteiger charge is 2.48. The Bertz CT molecular complexity index is 621. The summed E-state index contributed by atoms with van der Waals surface area (Å²) in [6, 6.07) is 3.68. The molecule has 0 unspecified atom stereocenters. The number of nitrogens with zero attached hydrogens (tertiary/aromatic N) is 1. The fourth-order valence-corrected chi connectivity index (χ4v) is 2.83. The van der Waals surface area contributed by atoms with E-state index in [1.165, 1.54) is 11.3 Å². The molecule has 3 N–H and O–H groups in total. The molecule has 1 aromatic carbocycles. The quantitative estimate of drug-likeness (QED) is 0.909. The van der Waals surface area contributed by atoms with E-state index in [1.807, 2.05) is 6.07 Å². The highest BCUT2D eigenvalue weighted by atomic mass is 35.5. The molecule has 0 saturated heterocycles. The van der Waals surface area contributed by atoms with Crippen LogP contribution in [0.3, 0.4) is 0 Å². The SMILES string of the molecule is NCC1(C(=O)Nc2c(Cl)ccc3scnc23)CC1. The van der Waals surface area contributed by atoms with E-state index in [2.05, 4.69) is 10.3 Å². The standard InChI is InChI=1S/C12H12ClN3OS/c13-7-1-2-8-10(15-6-18-8)9(7)16-11(17)12(5-14)3-4-12/h1-2,6H,3-5,14H2,(H,16,17). The van der Waals surface area contributed by atoms with Crippen molar-refractivity contribution >= 4 is 44.7 Å². The number of rotatable bonds is 3. The summed E-state index contributed by atoms with van der Waals surface area (Å²) >= 11 is 7.66. The number of nitrogens with one attached hydrogen (secondary N) is 1. The lowest BCUT2D eigenvalue weighted by Gasteiger charge is -2.14. The minimum Gasteiger partial charge on any atom is -0.329 e. The average molecular weight is 282 g/mol. The van der Waals surface area contributed by atoms with Crippen molar-refractivity contribution in [1.82, 2.24) is 4.98 Å². The van der Waals surface area contributed by atoms with Crippen molar-refractivity contribution in [2.45, 2.75) is 12.8 Å². The van der Waals surface area contributed by atoms with Gasteiger partial charge in [-0.25, -0.2) is 4.98 Å². The van der Waals surface area contributed by atoms with Gasteiger partial charge >= 0.3 is 0 Å². The van der Waals surface area contributed by atoms with Crippen LogP contribution in [0.4, 0.5) is 5.69 Å². The maximum absolute atomic E-state index is 12.2. The van der Waals surface area contributed by atoms with Gasteiger partial charge in [0, 0.05) is 6.54 Å². The molecule has 0 aliphatic heterocycles. The maximum atomic E-state index is 12.2. The summed E-state index contributed by atoms with van der Waals surface area (Å²) < 4.78 is 1.01. The summed E-state index contributed by atoms with van der Waals surface area (Å²) in [5.74, 6) is -0.0487. The fourth-order valence-electron chi connectivity index (χ4n) is 1.95. The zero-order valence-electron chi connectivity index (χ0n) is 9.57. The lowest BCUT2D eigenvalue weighted by atomic mass is 10.1. The van der Waals surface area contributed by atoms with Gasteiger partial charge in [-0.2, -0.15) is 0 Å². The van der Waals surface area contributed by atoms with E-state index >= 15 is 0 Å². The van der Waals surface area contributed by atoms with Crippen LogP contribution in [-0.4, -0.2) is 17.4 Å². The first-order valence-electron chi connectivity index (χ1n) is 5.69. The van der Waals surface area contributed by atoms with Crippen LogP contribution < -0.4 is 11.1 Å². The zero-order chi connectivity index (χ0) is 12.8. The summed E-state index contributed by atoms with van der Waals surface area (Å²) in [4.78, 5) is 16.4. The van der Waals surface area contributed by atoms with Crippen LogP contribution in [0.15, 0.2) is 17.6 Å². The van der Waals surface area contributed by atoms with E-state index in [9.17, 15) is 4.79 Å². The third-order valence-electron chi connectivity index (χ3n) is 3.42. The highest BCUT2D eigenvalue weighted by Crippen LogP contribution is 2.46. The number of halogens is 1. The number of hydrogen-bond acceptors (Lipinski definition) is 4. The molecule has 1 fully saturated rings. The number of amides is 1. The van der Waals surface area contributed by atoms with Gasteiger partial charge in [-0.15, -0.1) is 11.3 Å². The molecular weight excluding hydrogens is 270 g/mol. The first kappa shape index (κ1) is 11.9. The van der Waals surface area contributed by atoms with Crippen molar-refractivity contribution in [1.29, 1.82) is 0 Å². The van der Waals surface area contributed by atoms with Crippen LogP contribution >= 0.6 is 22.9 Å². The Morgan fingerprint density at radius 2 is 2.33 bits per heavy atom. The van der Waals surface area contributed by atoms with Crippen molar-refractivity contribution in [2.24, 2.45) is 11.1 Å². The molecule has 6 heteroatoms. The van der Waals surface area contributed by atoms with Gasteiger partial charge in [-0.05, 0) is 25.0 Å². The molecule has 0 spiro atoms. The molecule has 4 nitrogen and oxygen atoms in total. The largest absolute Gasteiger partial charge is 0.329 e. The Hall–Kier alpha value is -1.17. The summed E-state index contributed by atoms with van der Waals surface area (Å²) in [6.07, 6.45) is 1.69. The number of aromatic nitrogens is 1. The molecule has 3 rings (SSSR count). The first-order chi connectivity index (χ1) is 8.66. The predicted molar refractivity (Wildman–Crippen MR) is 74.0 cm³/mol. The molecule has 1 amide bonds. The molecule has 0 atom stereocenters. The lowest BCUT2D eigenvalue weighted by molar-refractivity contribution is -0.120. The second-order valence-corrected chi connectivity index (χ2v) is 5.85. The van der Waals surface area contributed by atoms with E-state index in [-0.39, 0.29) is 11.3 Å². The highest BCUT2D eigenvalue weighted by molar-refractivity contribution is 7.16. The Balaban J connectivity index is 1.97. The fraction of sp³-hybridized carbons (Fsp3) is 0.333. The number of hydrogen-bond donors (Lipinski definition) is 2. The van der Waals surface area contributed by atoms with Gasteiger partial charge in [0.15, 0.2) is 0 Å². The number of anilines is 1. The molecule has 1 saturated carbocycles. The maximum Gasteiger partial charge on any atom is 0.231 e. The third kappa shape index (κ3) is 1.79. The number of thiazole rings is 1. The second-order valence-electron chi connectivity index (χ2n) is 4.56. The monoisotopic (exact) mass is 281 g/mol. The van der Waals surface area contributed by atoms with Crippen LogP contribution in [0.1, 0.15) is 12.8 Å². The Morgan fingerprint density at radius 3 is 3.00 bits per heavy atom. The van der Waals surface area contributed by atoms with Gasteiger partial charge < -0.3 is 11.1 Å². The van der Waals surface area contributed by atoms with Crippen molar-refractivity contribution in [2.75, 3.05) is 11.9 Å². The molecule has 1 aliphatic rings. The smallest absolute Gasteiger partial charge is 0.231 e. The van der Waals surface area contributed by atoms with Crippen LogP contribution in [0.25, 0.3) is 10.2 Å². The lowest BCUT2D eigenvalue weighted by Crippen LogP contribution is -2.31. The van der Waals surface area contributed by atoms with Gasteiger partial charge in [0.05, 0.1) is 26.3 Å². The van der Waals surface area contributed by atoms with Gasteiger partial charge in [-0.1, -0.05) is 11.6 Å².